The molecule has 2 atom stereocenters. The molecule has 1 N–H and O–H groups in total. The third-order valence-corrected chi connectivity index (χ3v) is 5.66. The first-order valence-electron chi connectivity index (χ1n) is 10.7. The number of allylic oxidation sites excluding steroid dienone is 3. The Morgan fingerprint density at radius 2 is 1.77 bits per heavy atom. The lowest BCUT2D eigenvalue weighted by molar-refractivity contribution is -0.149. The van der Waals surface area contributed by atoms with Gasteiger partial charge in [-0.1, -0.05) is 89.0 Å². The molecule has 0 heterocycles. The molecule has 0 fully saturated rings. The quantitative estimate of drug-likeness (QED) is 0.356. The molecule has 0 amide bonds. The van der Waals surface area contributed by atoms with Crippen LogP contribution in [-0.2, 0) is 9.53 Å². The van der Waals surface area contributed by atoms with E-state index < -0.39 is 11.4 Å². The second-order valence-corrected chi connectivity index (χ2v) is 7.78. The van der Waals surface area contributed by atoms with Gasteiger partial charge in [-0.3, -0.25) is 4.79 Å². The molecular weight excluding hydrogens is 324 g/mol. The molecule has 0 saturated heterocycles. The summed E-state index contributed by atoms with van der Waals surface area (Å²) in [5, 5.41) is 10.3. The number of ether oxygens (including phenoxy) is 1. The summed E-state index contributed by atoms with van der Waals surface area (Å²) in [6, 6.07) is 0. The summed E-state index contributed by atoms with van der Waals surface area (Å²) < 4.78 is 5.34. The predicted molar refractivity (Wildman–Crippen MR) is 109 cm³/mol. The first kappa shape index (κ1) is 23.0. The lowest BCUT2D eigenvalue weighted by Gasteiger charge is -2.40. The molecule has 3 heteroatoms. The highest BCUT2D eigenvalue weighted by molar-refractivity contribution is 5.79. The highest BCUT2D eigenvalue weighted by Gasteiger charge is 2.46. The van der Waals surface area contributed by atoms with Crippen molar-refractivity contribution in [3.63, 3.8) is 0 Å². The molecule has 1 aliphatic carbocycles. The number of unbranched alkanes of at least 4 members (excludes halogenated alkanes) is 4. The van der Waals surface area contributed by atoms with Crippen molar-refractivity contribution in [3.05, 3.63) is 23.3 Å². The summed E-state index contributed by atoms with van der Waals surface area (Å²) >= 11 is 0. The number of hydrogen-bond acceptors (Lipinski definition) is 2. The predicted octanol–water partition coefficient (Wildman–Crippen LogP) is 6.54. The van der Waals surface area contributed by atoms with Crippen molar-refractivity contribution in [1.82, 2.24) is 0 Å². The Bertz CT molecular complexity index is 478. The number of rotatable bonds is 14. The van der Waals surface area contributed by atoms with Gasteiger partial charge in [-0.15, -0.1) is 0 Å². The maximum Gasteiger partial charge on any atom is 0.314 e. The smallest absolute Gasteiger partial charge is 0.314 e. The Hall–Kier alpha value is -1.09. The maximum atomic E-state index is 12.6. The van der Waals surface area contributed by atoms with Gasteiger partial charge in [0.1, 0.15) is 0 Å². The first-order valence-corrected chi connectivity index (χ1v) is 10.7. The lowest BCUT2D eigenvalue weighted by Crippen LogP contribution is -2.40. The van der Waals surface area contributed by atoms with Gasteiger partial charge in [0.2, 0.25) is 0 Å². The van der Waals surface area contributed by atoms with Crippen LogP contribution in [0.1, 0.15) is 91.4 Å². The van der Waals surface area contributed by atoms with Crippen LogP contribution < -0.4 is 0 Å². The van der Waals surface area contributed by atoms with Crippen LogP contribution in [-0.4, -0.2) is 24.8 Å². The van der Waals surface area contributed by atoms with Crippen LogP contribution in [0.25, 0.3) is 0 Å². The third kappa shape index (κ3) is 6.26. The van der Waals surface area contributed by atoms with Gasteiger partial charge in [0, 0.05) is 19.6 Å². The Balaban J connectivity index is 3.14. The first-order chi connectivity index (χ1) is 12.6. The molecule has 0 aliphatic heterocycles. The monoisotopic (exact) mass is 364 g/mol. The standard InChI is InChI=1S/C23H40O3/c1-5-8-9-10-11-15-23(22(24)25)18-19(12-6-2)17-20(13-7-3)21(23)14-16-26-4/h17-18,21H,5-16H2,1-4H3,(H,24,25). The summed E-state index contributed by atoms with van der Waals surface area (Å²) in [7, 11) is 1.71. The van der Waals surface area contributed by atoms with Gasteiger partial charge < -0.3 is 9.84 Å². The zero-order chi connectivity index (χ0) is 19.4. The van der Waals surface area contributed by atoms with E-state index in [1.165, 1.54) is 30.4 Å². The Labute approximate surface area is 160 Å². The van der Waals surface area contributed by atoms with Crippen LogP contribution in [0, 0.1) is 11.3 Å². The van der Waals surface area contributed by atoms with Crippen molar-refractivity contribution in [2.75, 3.05) is 13.7 Å². The van der Waals surface area contributed by atoms with Crippen LogP contribution in [0.4, 0.5) is 0 Å². The topological polar surface area (TPSA) is 46.5 Å². The summed E-state index contributed by atoms with van der Waals surface area (Å²) in [5.41, 5.74) is 1.79. The van der Waals surface area contributed by atoms with Crippen molar-refractivity contribution in [3.8, 4) is 0 Å². The lowest BCUT2D eigenvalue weighted by atomic mass is 9.63. The van der Waals surface area contributed by atoms with Gasteiger partial charge in [0.25, 0.3) is 0 Å². The molecule has 0 aromatic heterocycles. The van der Waals surface area contributed by atoms with Crippen molar-refractivity contribution in [2.24, 2.45) is 11.3 Å². The highest BCUT2D eigenvalue weighted by atomic mass is 16.5. The Morgan fingerprint density at radius 3 is 2.35 bits per heavy atom. The van der Waals surface area contributed by atoms with E-state index in [1.54, 1.807) is 7.11 Å². The minimum Gasteiger partial charge on any atom is -0.481 e. The van der Waals surface area contributed by atoms with Crippen LogP contribution >= 0.6 is 0 Å². The number of carboxylic acids is 1. The molecular formula is C23H40O3. The maximum absolute atomic E-state index is 12.6. The van der Waals surface area contributed by atoms with Gasteiger partial charge in [-0.05, 0) is 25.7 Å². The van der Waals surface area contributed by atoms with E-state index in [1.807, 2.05) is 0 Å². The minimum atomic E-state index is -0.755. The molecule has 3 nitrogen and oxygen atoms in total. The molecule has 0 bridgehead atoms. The summed E-state index contributed by atoms with van der Waals surface area (Å²) in [4.78, 5) is 12.6. The van der Waals surface area contributed by atoms with Crippen LogP contribution in [0.3, 0.4) is 0 Å². The molecule has 1 aliphatic rings. The summed E-state index contributed by atoms with van der Waals surface area (Å²) in [6.45, 7) is 7.17. The van der Waals surface area contributed by atoms with E-state index in [0.29, 0.717) is 6.61 Å². The van der Waals surface area contributed by atoms with Crippen molar-refractivity contribution in [1.29, 1.82) is 0 Å². The fraction of sp³-hybridized carbons (Fsp3) is 0.783. The molecule has 26 heavy (non-hydrogen) atoms. The Kier molecular flexibility index (Phi) is 10.9. The molecule has 0 spiro atoms. The molecule has 2 unspecified atom stereocenters. The second kappa shape index (κ2) is 12.3. The number of aliphatic carboxylic acids is 1. The fourth-order valence-corrected chi connectivity index (χ4v) is 4.37. The van der Waals surface area contributed by atoms with Crippen molar-refractivity contribution in [2.45, 2.75) is 91.4 Å². The second-order valence-electron chi connectivity index (χ2n) is 7.78. The molecule has 0 saturated carbocycles. The van der Waals surface area contributed by atoms with Gasteiger partial charge in [-0.2, -0.15) is 0 Å². The van der Waals surface area contributed by atoms with Gasteiger partial charge in [0.05, 0.1) is 5.41 Å². The van der Waals surface area contributed by atoms with Crippen molar-refractivity contribution < 1.29 is 14.6 Å². The number of carbonyl (C=O) groups is 1. The summed E-state index contributed by atoms with van der Waals surface area (Å²) in [5.74, 6) is -0.587. The zero-order valence-electron chi connectivity index (χ0n) is 17.5. The van der Waals surface area contributed by atoms with E-state index >= 15 is 0 Å². The normalized spacial score (nSPS) is 22.8. The number of methoxy groups -OCH3 is 1. The van der Waals surface area contributed by atoms with Crippen LogP contribution in [0.15, 0.2) is 23.3 Å². The number of hydrogen-bond donors (Lipinski definition) is 1. The summed E-state index contributed by atoms with van der Waals surface area (Å²) in [6.07, 6.45) is 15.8. The molecule has 150 valence electrons. The average molecular weight is 365 g/mol. The van der Waals surface area contributed by atoms with Gasteiger partial charge in [0.15, 0.2) is 0 Å². The third-order valence-electron chi connectivity index (χ3n) is 5.66. The SMILES string of the molecule is CCCCCCCC1(C(=O)O)C=C(CCC)C=C(CCC)C1CCOC. The van der Waals surface area contributed by atoms with E-state index in [9.17, 15) is 9.90 Å². The largest absolute Gasteiger partial charge is 0.481 e. The minimum absolute atomic E-state index is 0.0617. The van der Waals surface area contributed by atoms with E-state index in [0.717, 1.165) is 51.4 Å². The van der Waals surface area contributed by atoms with Crippen molar-refractivity contribution >= 4 is 5.97 Å². The number of carboxylic acid groups (broad SMARTS) is 1. The average Bonchev–Trinajstić information content (AvgIpc) is 2.61. The zero-order valence-corrected chi connectivity index (χ0v) is 17.5. The van der Waals surface area contributed by atoms with E-state index in [4.69, 9.17) is 4.74 Å². The fourth-order valence-electron chi connectivity index (χ4n) is 4.37. The molecule has 1 rings (SSSR count). The van der Waals surface area contributed by atoms with Crippen LogP contribution in [0.5, 0.6) is 0 Å². The van der Waals surface area contributed by atoms with Gasteiger partial charge in [-0.25, -0.2) is 0 Å². The van der Waals surface area contributed by atoms with E-state index in [-0.39, 0.29) is 5.92 Å². The molecule has 0 radical (unpaired) electrons. The van der Waals surface area contributed by atoms with E-state index in [2.05, 4.69) is 32.9 Å². The highest BCUT2D eigenvalue weighted by Crippen LogP contribution is 2.47. The van der Waals surface area contributed by atoms with Crippen LogP contribution in [0.2, 0.25) is 0 Å². The Morgan fingerprint density at radius 1 is 1.08 bits per heavy atom. The van der Waals surface area contributed by atoms with Gasteiger partial charge >= 0.3 is 5.97 Å². The molecule has 0 aromatic carbocycles. The molecule has 0 aromatic rings.